The highest BCUT2D eigenvalue weighted by Crippen LogP contribution is 2.33. The van der Waals surface area contributed by atoms with Crippen LogP contribution >= 0.6 is 0 Å². The highest BCUT2D eigenvalue weighted by atomic mass is 19.1. The molecule has 0 saturated carbocycles. The van der Waals surface area contributed by atoms with E-state index < -0.39 is 12.1 Å². The van der Waals surface area contributed by atoms with E-state index in [0.717, 1.165) is 16.8 Å². The van der Waals surface area contributed by atoms with Gasteiger partial charge in [-0.25, -0.2) is 9.07 Å². The molecule has 6 nitrogen and oxygen atoms in total. The molecule has 2 aliphatic heterocycles. The average molecular weight is 421 g/mol. The van der Waals surface area contributed by atoms with Gasteiger partial charge in [-0.15, -0.1) is 0 Å². The molecule has 0 bridgehead atoms. The molecular weight excluding hydrogens is 397 g/mol. The Kier molecular flexibility index (Phi) is 5.08. The molecule has 2 aliphatic rings. The first kappa shape index (κ1) is 19.9. The van der Waals surface area contributed by atoms with Crippen molar-refractivity contribution in [3.8, 4) is 5.69 Å². The molecule has 0 unspecified atom stereocenters. The van der Waals surface area contributed by atoms with Gasteiger partial charge in [0, 0.05) is 30.1 Å². The van der Waals surface area contributed by atoms with Crippen LogP contribution in [-0.4, -0.2) is 51.1 Å². The predicted molar refractivity (Wildman–Crippen MR) is 113 cm³/mol. The van der Waals surface area contributed by atoms with Crippen molar-refractivity contribution in [1.82, 2.24) is 14.7 Å². The highest BCUT2D eigenvalue weighted by molar-refractivity contribution is 5.99. The SMILES string of the molecule is Cc1c(Cc2ccc(-n3cccn3)cc2)cc2c(c1F)CN([C@@H]1COCC[C@H]1O)C2=O. The largest absolute Gasteiger partial charge is 0.391 e. The zero-order valence-electron chi connectivity index (χ0n) is 17.3. The summed E-state index contributed by atoms with van der Waals surface area (Å²) in [7, 11) is 0. The van der Waals surface area contributed by atoms with E-state index in [2.05, 4.69) is 5.10 Å². The van der Waals surface area contributed by atoms with Crippen LogP contribution < -0.4 is 0 Å². The number of aliphatic hydroxyl groups is 1. The number of halogens is 1. The summed E-state index contributed by atoms with van der Waals surface area (Å²) in [6.07, 6.45) is 3.96. The van der Waals surface area contributed by atoms with Gasteiger partial charge >= 0.3 is 0 Å². The molecule has 3 heterocycles. The molecule has 7 heteroatoms. The Balaban J connectivity index is 1.41. The minimum Gasteiger partial charge on any atom is -0.391 e. The number of rotatable bonds is 4. The van der Waals surface area contributed by atoms with Gasteiger partial charge in [-0.1, -0.05) is 12.1 Å². The van der Waals surface area contributed by atoms with Crippen LogP contribution in [0, 0.1) is 12.7 Å². The molecule has 5 rings (SSSR count). The number of fused-ring (bicyclic) bond motifs is 1. The maximum Gasteiger partial charge on any atom is 0.255 e. The van der Waals surface area contributed by atoms with E-state index in [1.54, 1.807) is 22.7 Å². The summed E-state index contributed by atoms with van der Waals surface area (Å²) in [5.74, 6) is -0.568. The second-order valence-corrected chi connectivity index (χ2v) is 8.23. The molecule has 1 N–H and O–H groups in total. The molecule has 0 radical (unpaired) electrons. The molecule has 1 amide bonds. The number of hydrogen-bond acceptors (Lipinski definition) is 4. The zero-order valence-corrected chi connectivity index (χ0v) is 17.3. The summed E-state index contributed by atoms with van der Waals surface area (Å²) in [5.41, 5.74) is 4.13. The summed E-state index contributed by atoms with van der Waals surface area (Å²) in [6, 6.07) is 11.2. The Morgan fingerprint density at radius 2 is 2.10 bits per heavy atom. The fourth-order valence-corrected chi connectivity index (χ4v) is 4.47. The summed E-state index contributed by atoms with van der Waals surface area (Å²) in [4.78, 5) is 14.6. The Bertz CT molecular complexity index is 1110. The van der Waals surface area contributed by atoms with Crippen LogP contribution in [-0.2, 0) is 17.7 Å². The van der Waals surface area contributed by atoms with E-state index >= 15 is 4.39 Å². The zero-order chi connectivity index (χ0) is 21.5. The number of aromatic nitrogens is 2. The van der Waals surface area contributed by atoms with Gasteiger partial charge < -0.3 is 14.7 Å². The van der Waals surface area contributed by atoms with Gasteiger partial charge in [0.15, 0.2) is 0 Å². The van der Waals surface area contributed by atoms with Crippen molar-refractivity contribution in [2.75, 3.05) is 13.2 Å². The van der Waals surface area contributed by atoms with E-state index in [0.29, 0.717) is 36.1 Å². The van der Waals surface area contributed by atoms with Crippen molar-refractivity contribution in [2.24, 2.45) is 0 Å². The van der Waals surface area contributed by atoms with E-state index in [9.17, 15) is 9.90 Å². The van der Waals surface area contributed by atoms with Gasteiger partial charge in [0.1, 0.15) is 5.82 Å². The van der Waals surface area contributed by atoms with Crippen LogP contribution in [0.2, 0.25) is 0 Å². The smallest absolute Gasteiger partial charge is 0.255 e. The van der Waals surface area contributed by atoms with Gasteiger partial charge in [0.25, 0.3) is 5.91 Å². The number of ether oxygens (including phenoxy) is 1. The lowest BCUT2D eigenvalue weighted by Crippen LogP contribution is -2.49. The summed E-state index contributed by atoms with van der Waals surface area (Å²) in [6.45, 7) is 2.68. The van der Waals surface area contributed by atoms with E-state index in [1.165, 1.54) is 0 Å². The Morgan fingerprint density at radius 3 is 2.81 bits per heavy atom. The lowest BCUT2D eigenvalue weighted by Gasteiger charge is -2.34. The average Bonchev–Trinajstić information content (AvgIpc) is 3.42. The second-order valence-electron chi connectivity index (χ2n) is 8.23. The minimum absolute atomic E-state index is 0.171. The quantitative estimate of drug-likeness (QED) is 0.703. The maximum atomic E-state index is 15.2. The molecule has 3 aromatic rings. The van der Waals surface area contributed by atoms with E-state index in [-0.39, 0.29) is 24.9 Å². The topological polar surface area (TPSA) is 67.6 Å². The van der Waals surface area contributed by atoms with Crippen LogP contribution in [0.25, 0.3) is 5.69 Å². The lowest BCUT2D eigenvalue weighted by molar-refractivity contribution is -0.0529. The minimum atomic E-state index is -0.649. The third-order valence-corrected chi connectivity index (χ3v) is 6.33. The van der Waals surface area contributed by atoms with Crippen LogP contribution in [0.3, 0.4) is 0 Å². The number of aliphatic hydroxyl groups excluding tert-OH is 1. The summed E-state index contributed by atoms with van der Waals surface area (Å²) < 4.78 is 22.5. The van der Waals surface area contributed by atoms with Crippen LogP contribution in [0.1, 0.15) is 39.0 Å². The molecule has 31 heavy (non-hydrogen) atoms. The second kappa shape index (κ2) is 7.90. The number of hydrogen-bond donors (Lipinski definition) is 1. The summed E-state index contributed by atoms with van der Waals surface area (Å²) >= 11 is 0. The molecule has 1 saturated heterocycles. The van der Waals surface area contributed by atoms with Crippen molar-refractivity contribution in [1.29, 1.82) is 0 Å². The van der Waals surface area contributed by atoms with Crippen molar-refractivity contribution in [3.05, 3.63) is 82.4 Å². The fourth-order valence-electron chi connectivity index (χ4n) is 4.47. The first-order chi connectivity index (χ1) is 15.0. The molecule has 0 aliphatic carbocycles. The van der Waals surface area contributed by atoms with Crippen LogP contribution in [0.5, 0.6) is 0 Å². The Morgan fingerprint density at radius 1 is 1.29 bits per heavy atom. The van der Waals surface area contributed by atoms with Crippen LogP contribution in [0.15, 0.2) is 48.8 Å². The summed E-state index contributed by atoms with van der Waals surface area (Å²) in [5, 5.41) is 14.5. The van der Waals surface area contributed by atoms with Crippen molar-refractivity contribution in [2.45, 2.75) is 38.5 Å². The fraction of sp³-hybridized carbons (Fsp3) is 0.333. The molecule has 160 valence electrons. The number of carbonyl (C=O) groups is 1. The third kappa shape index (κ3) is 3.54. The monoisotopic (exact) mass is 421 g/mol. The number of carbonyl (C=O) groups excluding carboxylic acids is 1. The number of nitrogens with zero attached hydrogens (tertiary/aromatic N) is 3. The Labute approximate surface area is 179 Å². The maximum absolute atomic E-state index is 15.2. The highest BCUT2D eigenvalue weighted by Gasteiger charge is 2.39. The van der Waals surface area contributed by atoms with Gasteiger partial charge in [0.2, 0.25) is 0 Å². The van der Waals surface area contributed by atoms with Crippen molar-refractivity contribution in [3.63, 3.8) is 0 Å². The number of amides is 1. The van der Waals surface area contributed by atoms with Gasteiger partial charge in [-0.2, -0.15) is 5.10 Å². The molecule has 1 fully saturated rings. The van der Waals surface area contributed by atoms with Gasteiger partial charge in [-0.05, 0) is 60.7 Å². The first-order valence-electron chi connectivity index (χ1n) is 10.5. The standard InChI is InChI=1S/C24H24FN3O3/c1-15-17(11-16-3-5-18(6-4-16)28-9-2-8-26-28)12-19-20(23(15)25)13-27(24(19)30)21-14-31-10-7-22(21)29/h2-6,8-9,12,21-22,29H,7,10-11,13-14H2,1H3/t21-,22-/m1/s1. The molecule has 2 atom stereocenters. The predicted octanol–water partition coefficient (Wildman–Crippen LogP) is 3.02. The van der Waals surface area contributed by atoms with E-state index in [4.69, 9.17) is 4.74 Å². The van der Waals surface area contributed by atoms with Crippen LogP contribution in [0.4, 0.5) is 4.39 Å². The van der Waals surface area contributed by atoms with Gasteiger partial charge in [-0.3, -0.25) is 4.79 Å². The normalized spacial score (nSPS) is 20.9. The third-order valence-electron chi connectivity index (χ3n) is 6.33. The van der Waals surface area contributed by atoms with Crippen molar-refractivity contribution < 1.29 is 19.0 Å². The molecule has 0 spiro atoms. The first-order valence-corrected chi connectivity index (χ1v) is 10.5. The van der Waals surface area contributed by atoms with Crippen molar-refractivity contribution >= 4 is 5.91 Å². The van der Waals surface area contributed by atoms with E-state index in [1.807, 2.05) is 42.6 Å². The molecular formula is C24H24FN3O3. The Hall–Kier alpha value is -3.03. The molecule has 1 aromatic heterocycles. The molecule has 2 aromatic carbocycles. The number of benzene rings is 2. The van der Waals surface area contributed by atoms with Gasteiger partial charge in [0.05, 0.1) is 31.0 Å². The lowest BCUT2D eigenvalue weighted by atomic mass is 9.95.